The zero-order valence-corrected chi connectivity index (χ0v) is 17.2. The van der Waals surface area contributed by atoms with Crippen molar-refractivity contribution in [1.82, 2.24) is 0 Å². The second-order valence-electron chi connectivity index (χ2n) is 8.33. The minimum Gasteiger partial charge on any atom is -0.399 e. The third-order valence-corrected chi connectivity index (χ3v) is 6.86. The Balaban J connectivity index is 1.86. The maximum atomic E-state index is 6.70. The van der Waals surface area contributed by atoms with Gasteiger partial charge in [-0.15, -0.1) is 0 Å². The van der Waals surface area contributed by atoms with Crippen molar-refractivity contribution in [2.24, 2.45) is 0 Å². The summed E-state index contributed by atoms with van der Waals surface area (Å²) in [4.78, 5) is 0. The highest BCUT2D eigenvalue weighted by molar-refractivity contribution is 6.66. The molecule has 1 aliphatic heterocycles. The molecule has 5 rings (SSSR count). The number of rotatable bonds is 1. The molecule has 0 spiro atoms. The molecule has 0 bridgehead atoms. The zero-order chi connectivity index (χ0) is 19.1. The third-order valence-electron chi connectivity index (χ3n) is 6.22. The first-order valence-electron chi connectivity index (χ1n) is 9.11. The van der Waals surface area contributed by atoms with Crippen LogP contribution in [0.25, 0.3) is 32.3 Å². The van der Waals surface area contributed by atoms with Crippen molar-refractivity contribution in [3.8, 4) is 0 Å². The van der Waals surface area contributed by atoms with Crippen molar-refractivity contribution in [2.75, 3.05) is 0 Å². The van der Waals surface area contributed by atoms with E-state index in [1.807, 2.05) is 12.1 Å². The first-order valence-corrected chi connectivity index (χ1v) is 9.86. The molecule has 1 fully saturated rings. The van der Waals surface area contributed by atoms with Gasteiger partial charge in [0.25, 0.3) is 0 Å². The van der Waals surface area contributed by atoms with Gasteiger partial charge in [0, 0.05) is 20.8 Å². The Hall–Kier alpha value is -1.52. The van der Waals surface area contributed by atoms with E-state index in [1.165, 1.54) is 0 Å². The first kappa shape index (κ1) is 17.6. The molecule has 0 saturated carbocycles. The molecule has 1 saturated heterocycles. The van der Waals surface area contributed by atoms with Gasteiger partial charge in [0.1, 0.15) is 0 Å². The lowest BCUT2D eigenvalue weighted by atomic mass is 9.74. The van der Waals surface area contributed by atoms with Crippen LogP contribution in [0.3, 0.4) is 0 Å². The van der Waals surface area contributed by atoms with Gasteiger partial charge in [-0.2, -0.15) is 0 Å². The highest BCUT2D eigenvalue weighted by atomic mass is 35.5. The van der Waals surface area contributed by atoms with Gasteiger partial charge in [-0.25, -0.2) is 0 Å². The van der Waals surface area contributed by atoms with Crippen LogP contribution in [0.2, 0.25) is 10.0 Å². The van der Waals surface area contributed by atoms with E-state index in [2.05, 4.69) is 58.0 Å². The van der Waals surface area contributed by atoms with Crippen LogP contribution in [0.5, 0.6) is 0 Å². The van der Waals surface area contributed by atoms with Crippen molar-refractivity contribution in [3.05, 3.63) is 52.5 Å². The van der Waals surface area contributed by atoms with Gasteiger partial charge in [0.05, 0.1) is 11.2 Å². The van der Waals surface area contributed by atoms with Crippen LogP contribution < -0.4 is 5.46 Å². The first-order chi connectivity index (χ1) is 12.7. The van der Waals surface area contributed by atoms with E-state index in [4.69, 9.17) is 32.5 Å². The average molecular weight is 397 g/mol. The predicted octanol–water partition coefficient (Wildman–Crippen LogP) is 6.19. The van der Waals surface area contributed by atoms with Crippen molar-refractivity contribution >= 4 is 68.1 Å². The summed E-state index contributed by atoms with van der Waals surface area (Å²) < 4.78 is 12.6. The summed E-state index contributed by atoms with van der Waals surface area (Å²) in [5, 5.41) is 7.99. The van der Waals surface area contributed by atoms with Crippen LogP contribution in [-0.2, 0) is 9.31 Å². The Morgan fingerprint density at radius 3 is 1.96 bits per heavy atom. The fraction of sp³-hybridized carbons (Fsp3) is 0.273. The maximum absolute atomic E-state index is 6.70. The molecule has 0 N–H and O–H groups in total. The van der Waals surface area contributed by atoms with Gasteiger partial charge in [-0.05, 0) is 66.8 Å². The fourth-order valence-corrected chi connectivity index (χ4v) is 4.50. The molecule has 0 aromatic heterocycles. The Kier molecular flexibility index (Phi) is 3.59. The molecule has 27 heavy (non-hydrogen) atoms. The second-order valence-corrected chi connectivity index (χ2v) is 9.14. The highest BCUT2D eigenvalue weighted by Crippen LogP contribution is 2.41. The smallest absolute Gasteiger partial charge is 0.399 e. The standard InChI is InChI=1S/C22H19BCl2O2/c1-21(2)22(3,4)27-23(26-21)16-11-18(25)15-7-5-12-6-10-17(24)14-9-8-13(16)20(15)19(12)14/h5-11H,1-4H3. The van der Waals surface area contributed by atoms with E-state index in [-0.39, 0.29) is 0 Å². The van der Waals surface area contributed by atoms with E-state index >= 15 is 0 Å². The Morgan fingerprint density at radius 1 is 0.704 bits per heavy atom. The van der Waals surface area contributed by atoms with Crippen LogP contribution in [0.15, 0.2) is 42.5 Å². The van der Waals surface area contributed by atoms with E-state index in [1.54, 1.807) is 0 Å². The van der Waals surface area contributed by atoms with E-state index < -0.39 is 18.3 Å². The summed E-state index contributed by atoms with van der Waals surface area (Å²) >= 11 is 13.2. The van der Waals surface area contributed by atoms with Crippen LogP contribution in [0.4, 0.5) is 0 Å². The molecule has 0 amide bonds. The number of halogens is 2. The van der Waals surface area contributed by atoms with Crippen LogP contribution in [0.1, 0.15) is 27.7 Å². The summed E-state index contributed by atoms with van der Waals surface area (Å²) in [6.07, 6.45) is 0. The second kappa shape index (κ2) is 5.51. The predicted molar refractivity (Wildman–Crippen MR) is 116 cm³/mol. The average Bonchev–Trinajstić information content (AvgIpc) is 2.83. The number of hydrogen-bond donors (Lipinski definition) is 0. The van der Waals surface area contributed by atoms with E-state index in [0.29, 0.717) is 5.02 Å². The lowest BCUT2D eigenvalue weighted by Crippen LogP contribution is -2.41. The summed E-state index contributed by atoms with van der Waals surface area (Å²) in [6.45, 7) is 8.24. The highest BCUT2D eigenvalue weighted by Gasteiger charge is 2.52. The van der Waals surface area contributed by atoms with E-state index in [0.717, 1.165) is 42.8 Å². The maximum Gasteiger partial charge on any atom is 0.495 e. The SMILES string of the molecule is CC1(C)OB(c2cc(Cl)c3ccc4ccc(Cl)c5ccc2c3c45)OC1(C)C. The monoisotopic (exact) mass is 396 g/mol. The molecule has 1 aliphatic rings. The molecule has 1 heterocycles. The molecule has 0 atom stereocenters. The van der Waals surface area contributed by atoms with Crippen molar-refractivity contribution in [2.45, 2.75) is 38.9 Å². The Bertz CT molecular complexity index is 1200. The van der Waals surface area contributed by atoms with E-state index in [9.17, 15) is 0 Å². The molecule has 136 valence electrons. The van der Waals surface area contributed by atoms with Gasteiger partial charge < -0.3 is 9.31 Å². The quantitative estimate of drug-likeness (QED) is 0.282. The lowest BCUT2D eigenvalue weighted by Gasteiger charge is -2.32. The molecule has 0 aliphatic carbocycles. The number of benzene rings is 4. The van der Waals surface area contributed by atoms with Gasteiger partial charge in [0.2, 0.25) is 0 Å². The van der Waals surface area contributed by atoms with Gasteiger partial charge in [-0.1, -0.05) is 53.5 Å². The number of hydrogen-bond acceptors (Lipinski definition) is 2. The van der Waals surface area contributed by atoms with Crippen LogP contribution in [-0.4, -0.2) is 18.3 Å². The van der Waals surface area contributed by atoms with Crippen LogP contribution in [0, 0.1) is 0 Å². The molecule has 4 aromatic rings. The van der Waals surface area contributed by atoms with Crippen LogP contribution >= 0.6 is 23.2 Å². The molecular formula is C22H19BCl2O2. The summed E-state index contributed by atoms with van der Waals surface area (Å²) in [6, 6.07) is 14.3. The Labute approximate surface area is 168 Å². The molecule has 4 aromatic carbocycles. The zero-order valence-electron chi connectivity index (χ0n) is 15.7. The molecule has 5 heteroatoms. The molecular weight excluding hydrogens is 378 g/mol. The third kappa shape index (κ3) is 2.36. The molecule has 0 radical (unpaired) electrons. The topological polar surface area (TPSA) is 18.5 Å². The minimum absolute atomic E-state index is 0.405. The molecule has 2 nitrogen and oxygen atoms in total. The van der Waals surface area contributed by atoms with Gasteiger partial charge >= 0.3 is 7.12 Å². The minimum atomic E-state index is -0.465. The van der Waals surface area contributed by atoms with Crippen molar-refractivity contribution in [1.29, 1.82) is 0 Å². The van der Waals surface area contributed by atoms with Crippen molar-refractivity contribution in [3.63, 3.8) is 0 Å². The summed E-state index contributed by atoms with van der Waals surface area (Å²) in [5.74, 6) is 0. The normalized spacial score (nSPS) is 19.0. The largest absolute Gasteiger partial charge is 0.495 e. The van der Waals surface area contributed by atoms with Crippen molar-refractivity contribution < 1.29 is 9.31 Å². The molecule has 0 unspecified atom stereocenters. The summed E-state index contributed by atoms with van der Waals surface area (Å²) in [7, 11) is -0.465. The fourth-order valence-electron chi connectivity index (χ4n) is 4.01. The van der Waals surface area contributed by atoms with Gasteiger partial charge in [-0.3, -0.25) is 0 Å². The van der Waals surface area contributed by atoms with Gasteiger partial charge in [0.15, 0.2) is 0 Å². The summed E-state index contributed by atoms with van der Waals surface area (Å²) in [5.41, 5.74) is 0.148. The lowest BCUT2D eigenvalue weighted by molar-refractivity contribution is 0.00578. The Morgan fingerprint density at radius 2 is 1.26 bits per heavy atom.